The summed E-state index contributed by atoms with van der Waals surface area (Å²) in [6.45, 7) is -0.555. The fourth-order valence-electron chi connectivity index (χ4n) is 2.84. The predicted molar refractivity (Wildman–Crippen MR) is 106 cm³/mol. The van der Waals surface area contributed by atoms with Crippen molar-refractivity contribution in [2.24, 2.45) is 0 Å². The Labute approximate surface area is 178 Å². The van der Waals surface area contributed by atoms with Gasteiger partial charge in [-0.15, -0.1) is 0 Å². The van der Waals surface area contributed by atoms with Gasteiger partial charge in [0.25, 0.3) is 0 Å². The smallest absolute Gasteiger partial charge is 0.246 e. The molecule has 164 valence electrons. The van der Waals surface area contributed by atoms with E-state index in [9.17, 15) is 17.9 Å². The summed E-state index contributed by atoms with van der Waals surface area (Å²) in [5, 5.41) is 44.8. The van der Waals surface area contributed by atoms with Crippen molar-refractivity contribution in [3.05, 3.63) is 53.3 Å². The number of hydrogen-bond donors (Lipinski definition) is 3. The standard InChI is InChI=1S/C13H16N2O5S.C7H4FNO/c1-20-11-6-10(7-14)2-3-12(11)21(18,19)15-5-4-13(17,8-15)9-16;8-7-3-6(10)2-1-5(7)4-9/h2-3,6,16-17H,4-5,8-9H2,1H3;1-3,10H. The second-order valence-corrected chi connectivity index (χ2v) is 8.63. The molecule has 11 heteroatoms. The molecule has 2 aromatic carbocycles. The van der Waals surface area contributed by atoms with Crippen LogP contribution < -0.4 is 4.74 Å². The first-order valence-electron chi connectivity index (χ1n) is 8.90. The highest BCUT2D eigenvalue weighted by atomic mass is 32.2. The van der Waals surface area contributed by atoms with Gasteiger partial charge < -0.3 is 20.1 Å². The first-order valence-corrected chi connectivity index (χ1v) is 10.3. The second-order valence-electron chi connectivity index (χ2n) is 6.72. The normalized spacial score (nSPS) is 18.4. The number of aliphatic hydroxyl groups is 2. The van der Waals surface area contributed by atoms with Crippen LogP contribution in [0, 0.1) is 28.5 Å². The molecule has 1 fully saturated rings. The number of ether oxygens (including phenoxy) is 1. The zero-order valence-electron chi connectivity index (χ0n) is 16.5. The number of hydrogen-bond acceptors (Lipinski definition) is 8. The van der Waals surface area contributed by atoms with Gasteiger partial charge in [0.1, 0.15) is 33.9 Å². The molecule has 1 heterocycles. The molecule has 1 atom stereocenters. The molecule has 0 aromatic heterocycles. The Morgan fingerprint density at radius 1 is 1.23 bits per heavy atom. The third-order valence-electron chi connectivity index (χ3n) is 4.58. The molecule has 9 nitrogen and oxygen atoms in total. The topological polar surface area (TPSA) is 155 Å². The monoisotopic (exact) mass is 449 g/mol. The van der Waals surface area contributed by atoms with Crippen molar-refractivity contribution in [2.75, 3.05) is 26.8 Å². The average molecular weight is 449 g/mol. The van der Waals surface area contributed by atoms with E-state index in [1.165, 1.54) is 37.4 Å². The Hall–Kier alpha value is -3.22. The van der Waals surface area contributed by atoms with Crippen LogP contribution in [0.5, 0.6) is 11.5 Å². The van der Waals surface area contributed by atoms with E-state index in [2.05, 4.69) is 0 Å². The number of methoxy groups -OCH3 is 1. The maximum atomic E-state index is 12.6. The van der Waals surface area contributed by atoms with E-state index in [-0.39, 0.29) is 41.5 Å². The molecule has 1 unspecified atom stereocenters. The van der Waals surface area contributed by atoms with Crippen LogP contribution >= 0.6 is 0 Å². The summed E-state index contributed by atoms with van der Waals surface area (Å²) in [6, 6.07) is 11.0. The zero-order chi connectivity index (χ0) is 23.2. The summed E-state index contributed by atoms with van der Waals surface area (Å²) < 4.78 is 43.8. The summed E-state index contributed by atoms with van der Waals surface area (Å²) in [5.74, 6) is -0.785. The molecule has 0 spiro atoms. The maximum absolute atomic E-state index is 12.6. The van der Waals surface area contributed by atoms with Gasteiger partial charge in [0.2, 0.25) is 10.0 Å². The van der Waals surface area contributed by atoms with E-state index < -0.39 is 28.0 Å². The summed E-state index contributed by atoms with van der Waals surface area (Å²) in [4.78, 5) is -0.0637. The summed E-state index contributed by atoms with van der Waals surface area (Å²) >= 11 is 0. The molecule has 0 aliphatic carbocycles. The van der Waals surface area contributed by atoms with Gasteiger partial charge in [-0.05, 0) is 36.8 Å². The van der Waals surface area contributed by atoms with Crippen LogP contribution in [0.1, 0.15) is 17.5 Å². The molecule has 3 N–H and O–H groups in total. The molecule has 0 radical (unpaired) electrons. The number of nitriles is 2. The molecule has 1 aliphatic heterocycles. The minimum atomic E-state index is -3.86. The van der Waals surface area contributed by atoms with E-state index >= 15 is 0 Å². The Morgan fingerprint density at radius 2 is 1.94 bits per heavy atom. The van der Waals surface area contributed by atoms with E-state index in [0.29, 0.717) is 5.56 Å². The number of nitrogens with zero attached hydrogens (tertiary/aromatic N) is 3. The lowest BCUT2D eigenvalue weighted by molar-refractivity contribution is -0.000740. The van der Waals surface area contributed by atoms with Gasteiger partial charge in [0.15, 0.2) is 0 Å². The highest BCUT2D eigenvalue weighted by Crippen LogP contribution is 2.32. The van der Waals surface area contributed by atoms with Crippen LogP contribution in [-0.4, -0.2) is 60.4 Å². The van der Waals surface area contributed by atoms with Crippen LogP contribution in [0.25, 0.3) is 0 Å². The first-order chi connectivity index (χ1) is 14.6. The number of phenolic OH excluding ortho intramolecular Hbond substituents is 1. The predicted octanol–water partition coefficient (Wildman–Crippen LogP) is 1.09. The van der Waals surface area contributed by atoms with Crippen molar-refractivity contribution in [1.29, 1.82) is 10.5 Å². The number of β-amino-alcohol motifs (C(OH)–C–C–N with tert-alkyl or cyclic N) is 1. The van der Waals surface area contributed by atoms with Gasteiger partial charge in [-0.3, -0.25) is 0 Å². The van der Waals surface area contributed by atoms with Gasteiger partial charge in [0.05, 0.1) is 30.9 Å². The van der Waals surface area contributed by atoms with Gasteiger partial charge >= 0.3 is 0 Å². The molecule has 1 aliphatic rings. The van der Waals surface area contributed by atoms with Crippen LogP contribution in [0.3, 0.4) is 0 Å². The third-order valence-corrected chi connectivity index (χ3v) is 6.46. The minimum Gasteiger partial charge on any atom is -0.508 e. The number of rotatable bonds is 4. The lowest BCUT2D eigenvalue weighted by Gasteiger charge is -2.21. The van der Waals surface area contributed by atoms with Gasteiger partial charge in [0, 0.05) is 19.2 Å². The van der Waals surface area contributed by atoms with E-state index in [1.54, 1.807) is 6.07 Å². The van der Waals surface area contributed by atoms with Gasteiger partial charge in [-0.25, -0.2) is 12.8 Å². The van der Waals surface area contributed by atoms with Crippen molar-refractivity contribution in [2.45, 2.75) is 16.9 Å². The highest BCUT2D eigenvalue weighted by molar-refractivity contribution is 7.89. The Morgan fingerprint density at radius 3 is 2.45 bits per heavy atom. The molecule has 31 heavy (non-hydrogen) atoms. The number of phenols is 1. The highest BCUT2D eigenvalue weighted by Gasteiger charge is 2.42. The first kappa shape index (κ1) is 24.1. The molecular formula is C20H20FN3O6S. The molecule has 2 aromatic rings. The lowest BCUT2D eigenvalue weighted by Crippen LogP contribution is -2.38. The van der Waals surface area contributed by atoms with Crippen molar-refractivity contribution in [3.8, 4) is 23.6 Å². The van der Waals surface area contributed by atoms with Crippen LogP contribution in [0.4, 0.5) is 4.39 Å². The molecular weight excluding hydrogens is 429 g/mol. The molecule has 0 amide bonds. The summed E-state index contributed by atoms with van der Waals surface area (Å²) in [6.07, 6.45) is 0.168. The van der Waals surface area contributed by atoms with E-state index in [0.717, 1.165) is 10.4 Å². The third kappa shape index (κ3) is 5.48. The number of sulfonamides is 1. The van der Waals surface area contributed by atoms with Gasteiger partial charge in [-0.1, -0.05) is 0 Å². The number of aromatic hydroxyl groups is 1. The largest absolute Gasteiger partial charge is 0.508 e. The Balaban J connectivity index is 0.000000285. The summed E-state index contributed by atoms with van der Waals surface area (Å²) in [5.41, 5.74) is -1.18. The number of aliphatic hydroxyl groups excluding tert-OH is 1. The average Bonchev–Trinajstić information content (AvgIpc) is 3.17. The van der Waals surface area contributed by atoms with Crippen LogP contribution in [0.15, 0.2) is 41.3 Å². The molecule has 0 bridgehead atoms. The number of halogens is 1. The summed E-state index contributed by atoms with van der Waals surface area (Å²) in [7, 11) is -2.54. The minimum absolute atomic E-state index is 0.0576. The zero-order valence-corrected chi connectivity index (χ0v) is 17.3. The maximum Gasteiger partial charge on any atom is 0.246 e. The molecule has 0 saturated carbocycles. The fourth-order valence-corrected chi connectivity index (χ4v) is 4.49. The molecule has 3 rings (SSSR count). The number of benzene rings is 2. The Kier molecular flexibility index (Phi) is 7.55. The van der Waals surface area contributed by atoms with Gasteiger partial charge in [-0.2, -0.15) is 14.8 Å². The lowest BCUT2D eigenvalue weighted by atomic mass is 10.1. The fraction of sp³-hybridized carbons (Fsp3) is 0.300. The SMILES string of the molecule is COc1cc(C#N)ccc1S(=O)(=O)N1CCC(O)(CO)C1.N#Cc1ccc(O)cc1F. The molecule has 1 saturated heterocycles. The van der Waals surface area contributed by atoms with Crippen molar-refractivity contribution in [1.82, 2.24) is 4.31 Å². The quantitative estimate of drug-likeness (QED) is 0.626. The Bertz CT molecular complexity index is 1140. The second kappa shape index (κ2) is 9.73. The van der Waals surface area contributed by atoms with E-state index in [1.807, 2.05) is 6.07 Å². The van der Waals surface area contributed by atoms with Crippen molar-refractivity contribution < 1.29 is 32.9 Å². The van der Waals surface area contributed by atoms with Crippen molar-refractivity contribution >= 4 is 10.0 Å². The van der Waals surface area contributed by atoms with E-state index in [4.69, 9.17) is 25.5 Å². The van der Waals surface area contributed by atoms with Crippen LogP contribution in [0.2, 0.25) is 0 Å². The van der Waals surface area contributed by atoms with Crippen LogP contribution in [-0.2, 0) is 10.0 Å². The van der Waals surface area contributed by atoms with Crippen molar-refractivity contribution in [3.63, 3.8) is 0 Å².